The molecule has 3 rings (SSSR count). The highest BCUT2D eigenvalue weighted by Gasteiger charge is 2.25. The highest BCUT2D eigenvalue weighted by Crippen LogP contribution is 2.26. The van der Waals surface area contributed by atoms with Gasteiger partial charge in [0, 0.05) is 19.3 Å². The molecule has 0 N–H and O–H groups in total. The Morgan fingerprint density at radius 3 is 2.73 bits per heavy atom. The smallest absolute Gasteiger partial charge is 0.410 e. The molecule has 1 amide bonds. The fourth-order valence-electron chi connectivity index (χ4n) is 2.77. The van der Waals surface area contributed by atoms with E-state index >= 15 is 0 Å². The molecule has 0 saturated carbocycles. The molecule has 2 aromatic rings. The molecule has 0 atom stereocenters. The van der Waals surface area contributed by atoms with E-state index in [9.17, 15) is 4.79 Å². The predicted octanol–water partition coefficient (Wildman–Crippen LogP) is 3.65. The van der Waals surface area contributed by atoms with Gasteiger partial charge in [0.2, 0.25) is 0 Å². The van der Waals surface area contributed by atoms with Crippen molar-refractivity contribution >= 4 is 23.3 Å². The third-order valence-electron chi connectivity index (χ3n) is 4.03. The Bertz CT molecular complexity index is 854. The summed E-state index contributed by atoms with van der Waals surface area (Å²) in [5.74, 6) is 0. The predicted molar refractivity (Wildman–Crippen MR) is 99.3 cm³/mol. The second kappa shape index (κ2) is 7.07. The Morgan fingerprint density at radius 2 is 2.12 bits per heavy atom. The Kier molecular flexibility index (Phi) is 5.00. The highest BCUT2D eigenvalue weighted by molar-refractivity contribution is 6.31. The Labute approximate surface area is 157 Å². The summed E-state index contributed by atoms with van der Waals surface area (Å²) in [4.78, 5) is 17.9. The normalized spacial score (nSPS) is 15.0. The van der Waals surface area contributed by atoms with Crippen molar-refractivity contribution in [3.8, 4) is 5.69 Å². The zero-order chi connectivity index (χ0) is 18.9. The first-order valence-corrected chi connectivity index (χ1v) is 8.84. The first-order valence-electron chi connectivity index (χ1n) is 8.47. The highest BCUT2D eigenvalue weighted by atomic mass is 35.5. The van der Waals surface area contributed by atoms with Gasteiger partial charge in [-0.1, -0.05) is 22.9 Å². The van der Waals surface area contributed by atoms with Gasteiger partial charge in [-0.25, -0.2) is 14.5 Å². The minimum atomic E-state index is -0.497. The number of ether oxygens (including phenoxy) is 1. The number of carbonyl (C=O) groups is 1. The summed E-state index contributed by atoms with van der Waals surface area (Å²) in [5.41, 5.74) is 2.96. The molecular weight excluding hydrogens is 354 g/mol. The maximum absolute atomic E-state index is 12.2. The molecule has 0 bridgehead atoms. The minimum Gasteiger partial charge on any atom is -0.444 e. The lowest BCUT2D eigenvalue weighted by atomic mass is 10.0. The van der Waals surface area contributed by atoms with Crippen molar-refractivity contribution in [2.24, 2.45) is 0 Å². The lowest BCUT2D eigenvalue weighted by Crippen LogP contribution is -2.39. The van der Waals surface area contributed by atoms with E-state index in [-0.39, 0.29) is 6.09 Å². The zero-order valence-electron chi connectivity index (χ0n) is 15.4. The molecule has 1 aliphatic heterocycles. The van der Waals surface area contributed by atoms with Crippen molar-refractivity contribution in [3.63, 3.8) is 0 Å². The monoisotopic (exact) mass is 375 g/mol. The molecule has 3 heterocycles. The van der Waals surface area contributed by atoms with Gasteiger partial charge in [-0.2, -0.15) is 0 Å². The van der Waals surface area contributed by atoms with Gasteiger partial charge < -0.3 is 9.64 Å². The summed E-state index contributed by atoms with van der Waals surface area (Å²) in [6, 6.07) is 3.65. The number of aromatic nitrogens is 4. The SMILES string of the molecule is Cc1c(C2=CCN(C(=O)OC(C)(C)C)CC2)nnn1-c1cccnc1Cl. The topological polar surface area (TPSA) is 73.1 Å². The van der Waals surface area contributed by atoms with Crippen LogP contribution >= 0.6 is 11.6 Å². The van der Waals surface area contributed by atoms with E-state index in [4.69, 9.17) is 16.3 Å². The molecule has 26 heavy (non-hydrogen) atoms. The summed E-state index contributed by atoms with van der Waals surface area (Å²) in [5, 5.41) is 8.91. The molecular formula is C18H22ClN5O2. The van der Waals surface area contributed by atoms with Gasteiger partial charge in [0.1, 0.15) is 17.0 Å². The molecule has 138 valence electrons. The van der Waals surface area contributed by atoms with Crippen LogP contribution in [0, 0.1) is 6.92 Å². The van der Waals surface area contributed by atoms with E-state index < -0.39 is 5.60 Å². The molecule has 0 spiro atoms. The van der Waals surface area contributed by atoms with E-state index in [1.54, 1.807) is 21.8 Å². The van der Waals surface area contributed by atoms with Gasteiger partial charge in [-0.3, -0.25) is 0 Å². The quantitative estimate of drug-likeness (QED) is 0.749. The van der Waals surface area contributed by atoms with E-state index in [1.807, 2.05) is 39.8 Å². The zero-order valence-corrected chi connectivity index (χ0v) is 16.1. The maximum atomic E-state index is 12.2. The fourth-order valence-corrected chi connectivity index (χ4v) is 2.97. The number of halogens is 1. The average molecular weight is 376 g/mol. The number of nitrogens with zero attached hydrogens (tertiary/aromatic N) is 5. The number of hydrogen-bond acceptors (Lipinski definition) is 5. The van der Waals surface area contributed by atoms with Crippen LogP contribution < -0.4 is 0 Å². The van der Waals surface area contributed by atoms with Crippen LogP contribution in [0.5, 0.6) is 0 Å². The number of rotatable bonds is 2. The van der Waals surface area contributed by atoms with E-state index in [0.29, 0.717) is 30.4 Å². The summed E-state index contributed by atoms with van der Waals surface area (Å²) in [6.45, 7) is 8.61. The molecule has 0 aromatic carbocycles. The molecule has 0 aliphatic carbocycles. The standard InChI is InChI=1S/C18H22ClN5O2/c1-12-15(21-22-24(12)14-6-5-9-20-16(14)19)13-7-10-23(11-8-13)17(25)26-18(2,3)4/h5-7,9H,8,10-11H2,1-4H3. The van der Waals surface area contributed by atoms with Crippen LogP contribution in [0.15, 0.2) is 24.4 Å². The summed E-state index contributed by atoms with van der Waals surface area (Å²) < 4.78 is 7.11. The van der Waals surface area contributed by atoms with Crippen LogP contribution in [0.3, 0.4) is 0 Å². The van der Waals surface area contributed by atoms with Crippen LogP contribution in [-0.2, 0) is 4.74 Å². The Balaban J connectivity index is 1.78. The van der Waals surface area contributed by atoms with Crippen LogP contribution in [0.4, 0.5) is 4.79 Å². The lowest BCUT2D eigenvalue weighted by Gasteiger charge is -2.29. The first-order chi connectivity index (χ1) is 12.3. The van der Waals surface area contributed by atoms with Crippen LogP contribution in [0.25, 0.3) is 11.3 Å². The number of hydrogen-bond donors (Lipinski definition) is 0. The second-order valence-electron chi connectivity index (χ2n) is 7.15. The molecule has 0 fully saturated rings. The van der Waals surface area contributed by atoms with Crippen LogP contribution in [-0.4, -0.2) is 49.7 Å². The molecule has 7 nitrogen and oxygen atoms in total. The van der Waals surface area contributed by atoms with E-state index in [1.165, 1.54) is 0 Å². The Hall–Kier alpha value is -2.41. The van der Waals surface area contributed by atoms with Crippen molar-refractivity contribution in [1.82, 2.24) is 24.9 Å². The maximum Gasteiger partial charge on any atom is 0.410 e. The van der Waals surface area contributed by atoms with Crippen molar-refractivity contribution in [2.75, 3.05) is 13.1 Å². The fraction of sp³-hybridized carbons (Fsp3) is 0.444. The average Bonchev–Trinajstić information content (AvgIpc) is 2.95. The first kappa shape index (κ1) is 18.4. The molecule has 2 aromatic heterocycles. The van der Waals surface area contributed by atoms with E-state index in [2.05, 4.69) is 15.3 Å². The third-order valence-corrected chi connectivity index (χ3v) is 4.32. The molecule has 0 unspecified atom stereocenters. The van der Waals surface area contributed by atoms with Gasteiger partial charge in [0.25, 0.3) is 0 Å². The van der Waals surface area contributed by atoms with Gasteiger partial charge in [0.05, 0.1) is 5.69 Å². The number of carbonyl (C=O) groups excluding carboxylic acids is 1. The third kappa shape index (κ3) is 3.88. The lowest BCUT2D eigenvalue weighted by molar-refractivity contribution is 0.0270. The van der Waals surface area contributed by atoms with Crippen molar-refractivity contribution < 1.29 is 9.53 Å². The van der Waals surface area contributed by atoms with Crippen LogP contribution in [0.1, 0.15) is 38.6 Å². The van der Waals surface area contributed by atoms with Gasteiger partial charge in [-0.05, 0) is 51.8 Å². The summed E-state index contributed by atoms with van der Waals surface area (Å²) in [7, 11) is 0. The van der Waals surface area contributed by atoms with Crippen LogP contribution in [0.2, 0.25) is 5.15 Å². The minimum absolute atomic E-state index is 0.296. The number of pyridine rings is 1. The molecule has 0 saturated heterocycles. The van der Waals surface area contributed by atoms with Gasteiger partial charge >= 0.3 is 6.09 Å². The van der Waals surface area contributed by atoms with Gasteiger partial charge in [0.15, 0.2) is 5.15 Å². The number of amides is 1. The van der Waals surface area contributed by atoms with Crippen molar-refractivity contribution in [2.45, 2.75) is 39.7 Å². The van der Waals surface area contributed by atoms with Crippen molar-refractivity contribution in [3.05, 3.63) is 40.9 Å². The Morgan fingerprint density at radius 1 is 1.35 bits per heavy atom. The largest absolute Gasteiger partial charge is 0.444 e. The van der Waals surface area contributed by atoms with Gasteiger partial charge in [-0.15, -0.1) is 5.10 Å². The molecule has 1 aliphatic rings. The van der Waals surface area contributed by atoms with Crippen molar-refractivity contribution in [1.29, 1.82) is 0 Å². The summed E-state index contributed by atoms with van der Waals surface area (Å²) >= 11 is 6.16. The van der Waals surface area contributed by atoms with E-state index in [0.717, 1.165) is 17.0 Å². The molecule has 8 heteroatoms. The molecule has 0 radical (unpaired) electrons. The summed E-state index contributed by atoms with van der Waals surface area (Å²) in [6.07, 6.45) is 4.03. The second-order valence-corrected chi connectivity index (χ2v) is 7.51.